The first-order valence-corrected chi connectivity index (χ1v) is 6.76. The lowest BCUT2D eigenvalue weighted by molar-refractivity contribution is 0.251. The number of hydrogen-bond donors (Lipinski definition) is 2. The van der Waals surface area contributed by atoms with Crippen molar-refractivity contribution in [1.29, 1.82) is 0 Å². The zero-order valence-electron chi connectivity index (χ0n) is 10.5. The number of fused-ring (bicyclic) bond motifs is 1. The summed E-state index contributed by atoms with van der Waals surface area (Å²) in [5, 5.41) is 16.8. The van der Waals surface area contributed by atoms with Crippen molar-refractivity contribution in [2.24, 2.45) is 0 Å². The van der Waals surface area contributed by atoms with Crippen LogP contribution >= 0.6 is 15.9 Å². The van der Waals surface area contributed by atoms with Crippen molar-refractivity contribution in [2.75, 3.05) is 11.9 Å². The van der Waals surface area contributed by atoms with E-state index in [-0.39, 0.29) is 12.1 Å². The number of rotatable bonds is 5. The minimum absolute atomic E-state index is 0.149. The maximum atomic E-state index is 9.09. The fourth-order valence-electron chi connectivity index (χ4n) is 1.76. The molecule has 0 bridgehead atoms. The first kappa shape index (κ1) is 13.3. The van der Waals surface area contributed by atoms with Gasteiger partial charge in [-0.05, 0) is 47.8 Å². The van der Waals surface area contributed by atoms with E-state index in [1.54, 1.807) is 4.52 Å². The van der Waals surface area contributed by atoms with Gasteiger partial charge in [0, 0.05) is 22.8 Å². The number of halogens is 1. The van der Waals surface area contributed by atoms with Crippen molar-refractivity contribution >= 4 is 27.5 Å². The molecule has 98 valence electrons. The normalized spacial score (nSPS) is 14.7. The molecule has 0 aromatic carbocycles. The van der Waals surface area contributed by atoms with E-state index in [1.807, 2.05) is 18.3 Å². The summed E-state index contributed by atoms with van der Waals surface area (Å²) in [6.07, 6.45) is 3.43. The van der Waals surface area contributed by atoms with Crippen LogP contribution in [0.3, 0.4) is 0 Å². The third kappa shape index (κ3) is 2.81. The molecular formula is C12H17BrN4O. The second-order valence-electron chi connectivity index (χ2n) is 4.60. The van der Waals surface area contributed by atoms with Crippen LogP contribution in [0.4, 0.5) is 5.95 Å². The van der Waals surface area contributed by atoms with Gasteiger partial charge in [0.25, 0.3) is 0 Å². The summed E-state index contributed by atoms with van der Waals surface area (Å²) < 4.78 is 2.68. The standard InChI is InChI=1S/C12H17BrN4O/c1-3-12(2,6-7-18)15-11-14-10-5-4-9(13)8-17(10)16-11/h4-5,8,18H,3,6-7H2,1-2H3,(H,15,16). The molecule has 1 atom stereocenters. The Bertz CT molecular complexity index is 542. The molecule has 0 saturated carbocycles. The minimum atomic E-state index is -0.184. The molecule has 1 unspecified atom stereocenters. The predicted octanol–water partition coefficient (Wildman–Crippen LogP) is 2.45. The van der Waals surface area contributed by atoms with Crippen molar-refractivity contribution in [1.82, 2.24) is 14.6 Å². The number of hydrogen-bond acceptors (Lipinski definition) is 4. The van der Waals surface area contributed by atoms with E-state index in [4.69, 9.17) is 5.11 Å². The van der Waals surface area contributed by atoms with Gasteiger partial charge < -0.3 is 10.4 Å². The first-order chi connectivity index (χ1) is 8.56. The summed E-state index contributed by atoms with van der Waals surface area (Å²) in [5.41, 5.74) is 0.611. The van der Waals surface area contributed by atoms with E-state index >= 15 is 0 Å². The van der Waals surface area contributed by atoms with Gasteiger partial charge in [0.1, 0.15) is 0 Å². The van der Waals surface area contributed by atoms with Crippen molar-refractivity contribution in [3.8, 4) is 0 Å². The minimum Gasteiger partial charge on any atom is -0.396 e. The van der Waals surface area contributed by atoms with E-state index in [2.05, 4.69) is 45.2 Å². The third-order valence-corrected chi connectivity index (χ3v) is 3.62. The van der Waals surface area contributed by atoms with Gasteiger partial charge in [0.15, 0.2) is 5.65 Å². The van der Waals surface area contributed by atoms with Gasteiger partial charge in [0.05, 0.1) is 0 Å². The maximum Gasteiger partial charge on any atom is 0.243 e. The van der Waals surface area contributed by atoms with Crippen LogP contribution in [0.2, 0.25) is 0 Å². The zero-order chi connectivity index (χ0) is 13.2. The van der Waals surface area contributed by atoms with E-state index in [1.165, 1.54) is 0 Å². The molecule has 2 aromatic heterocycles. The molecule has 2 heterocycles. The summed E-state index contributed by atoms with van der Waals surface area (Å²) in [5.74, 6) is 0.589. The highest BCUT2D eigenvalue weighted by Crippen LogP contribution is 2.20. The molecule has 0 aliphatic heterocycles. The Balaban J connectivity index is 2.26. The molecular weight excluding hydrogens is 296 g/mol. The van der Waals surface area contributed by atoms with E-state index in [0.717, 1.165) is 16.5 Å². The van der Waals surface area contributed by atoms with Crippen LogP contribution in [0.15, 0.2) is 22.8 Å². The highest BCUT2D eigenvalue weighted by atomic mass is 79.9. The largest absolute Gasteiger partial charge is 0.396 e. The molecule has 0 spiro atoms. The molecule has 0 radical (unpaired) electrons. The Kier molecular flexibility index (Phi) is 3.87. The number of aliphatic hydroxyl groups is 1. The fraction of sp³-hybridized carbons (Fsp3) is 0.500. The molecule has 6 heteroatoms. The number of pyridine rings is 1. The average Bonchev–Trinajstić information content (AvgIpc) is 2.70. The lowest BCUT2D eigenvalue weighted by Crippen LogP contribution is -2.35. The number of aromatic nitrogens is 3. The van der Waals surface area contributed by atoms with Crippen LogP contribution in [0.25, 0.3) is 5.65 Å². The lowest BCUT2D eigenvalue weighted by atomic mass is 9.95. The van der Waals surface area contributed by atoms with Gasteiger partial charge in [-0.15, -0.1) is 5.10 Å². The predicted molar refractivity (Wildman–Crippen MR) is 74.7 cm³/mol. The molecule has 18 heavy (non-hydrogen) atoms. The molecule has 0 aliphatic carbocycles. The third-order valence-electron chi connectivity index (χ3n) is 3.15. The first-order valence-electron chi connectivity index (χ1n) is 5.97. The van der Waals surface area contributed by atoms with Crippen molar-refractivity contribution in [3.05, 3.63) is 22.8 Å². The Morgan fingerprint density at radius 1 is 1.50 bits per heavy atom. The Morgan fingerprint density at radius 2 is 2.28 bits per heavy atom. The van der Waals surface area contributed by atoms with Gasteiger partial charge in [-0.25, -0.2) is 4.52 Å². The quantitative estimate of drug-likeness (QED) is 0.890. The Morgan fingerprint density at radius 3 is 2.94 bits per heavy atom. The monoisotopic (exact) mass is 312 g/mol. The summed E-state index contributed by atoms with van der Waals surface area (Å²) in [6.45, 7) is 4.29. The van der Waals surface area contributed by atoms with Gasteiger partial charge in [-0.2, -0.15) is 4.98 Å². The molecule has 0 fully saturated rings. The molecule has 2 aromatic rings. The molecule has 0 amide bonds. The van der Waals surface area contributed by atoms with Crippen LogP contribution in [0, 0.1) is 0 Å². The van der Waals surface area contributed by atoms with Crippen molar-refractivity contribution in [3.63, 3.8) is 0 Å². The molecule has 2 rings (SSSR count). The van der Waals surface area contributed by atoms with Crippen LogP contribution < -0.4 is 5.32 Å². The lowest BCUT2D eigenvalue weighted by Gasteiger charge is -2.28. The maximum absolute atomic E-state index is 9.09. The topological polar surface area (TPSA) is 62.5 Å². The van der Waals surface area contributed by atoms with E-state index < -0.39 is 0 Å². The number of nitrogens with zero attached hydrogens (tertiary/aromatic N) is 3. The number of nitrogens with one attached hydrogen (secondary N) is 1. The highest BCUT2D eigenvalue weighted by molar-refractivity contribution is 9.10. The summed E-state index contributed by atoms with van der Waals surface area (Å²) in [6, 6.07) is 3.83. The zero-order valence-corrected chi connectivity index (χ0v) is 12.1. The smallest absolute Gasteiger partial charge is 0.243 e. The fourth-order valence-corrected chi connectivity index (χ4v) is 2.08. The summed E-state index contributed by atoms with van der Waals surface area (Å²) >= 11 is 3.40. The van der Waals surface area contributed by atoms with Crippen LogP contribution in [-0.2, 0) is 0 Å². The summed E-state index contributed by atoms with van der Waals surface area (Å²) in [4.78, 5) is 4.41. The highest BCUT2D eigenvalue weighted by Gasteiger charge is 2.22. The van der Waals surface area contributed by atoms with Gasteiger partial charge in [-0.1, -0.05) is 6.92 Å². The van der Waals surface area contributed by atoms with Gasteiger partial charge in [0.2, 0.25) is 5.95 Å². The van der Waals surface area contributed by atoms with Crippen molar-refractivity contribution in [2.45, 2.75) is 32.2 Å². The molecule has 0 aliphatic rings. The Hall–Kier alpha value is -1.14. The van der Waals surface area contributed by atoms with Crippen LogP contribution in [0.1, 0.15) is 26.7 Å². The number of aliphatic hydroxyl groups excluding tert-OH is 1. The molecule has 2 N–H and O–H groups in total. The van der Waals surface area contributed by atoms with E-state index in [9.17, 15) is 0 Å². The summed E-state index contributed by atoms with van der Waals surface area (Å²) in [7, 11) is 0. The van der Waals surface area contributed by atoms with Crippen LogP contribution in [-0.4, -0.2) is 31.9 Å². The van der Waals surface area contributed by atoms with E-state index in [0.29, 0.717) is 12.4 Å². The molecule has 0 saturated heterocycles. The molecule has 5 nitrogen and oxygen atoms in total. The SMILES string of the molecule is CCC(C)(CCO)Nc1nc2ccc(Br)cn2n1. The second-order valence-corrected chi connectivity index (χ2v) is 5.51. The second kappa shape index (κ2) is 5.24. The Labute approximate surface area is 114 Å². The average molecular weight is 313 g/mol. The van der Waals surface area contributed by atoms with Crippen LogP contribution in [0.5, 0.6) is 0 Å². The number of anilines is 1. The van der Waals surface area contributed by atoms with Gasteiger partial charge in [-0.3, -0.25) is 0 Å². The van der Waals surface area contributed by atoms with Gasteiger partial charge >= 0.3 is 0 Å². The van der Waals surface area contributed by atoms with Crippen molar-refractivity contribution < 1.29 is 5.11 Å².